The first-order valence-electron chi connectivity index (χ1n) is 3.89. The van der Waals surface area contributed by atoms with Crippen LogP contribution in [0.5, 0.6) is 0 Å². The Morgan fingerprint density at radius 1 is 1.54 bits per heavy atom. The summed E-state index contributed by atoms with van der Waals surface area (Å²) in [5, 5.41) is 24.8. The van der Waals surface area contributed by atoms with Gasteiger partial charge in [0.15, 0.2) is 0 Å². The fourth-order valence-electron chi connectivity index (χ4n) is 1.19. The van der Waals surface area contributed by atoms with Crippen molar-refractivity contribution >= 4 is 5.84 Å². The molecule has 0 unspecified atom stereocenters. The lowest BCUT2D eigenvalue weighted by atomic mass is 10.0. The molecular formula is C9H12N2O2. The second-order valence-corrected chi connectivity index (χ2v) is 2.73. The van der Waals surface area contributed by atoms with E-state index in [0.717, 1.165) is 11.1 Å². The lowest BCUT2D eigenvalue weighted by Gasteiger charge is -2.09. The molecule has 70 valence electrons. The van der Waals surface area contributed by atoms with E-state index in [1.165, 1.54) is 0 Å². The van der Waals surface area contributed by atoms with E-state index in [2.05, 4.69) is 0 Å². The number of benzene rings is 1. The van der Waals surface area contributed by atoms with E-state index in [0.29, 0.717) is 5.56 Å². The number of hydrogen-bond donors (Lipinski definition) is 4. The predicted octanol–water partition coefficient (Wildman–Crippen LogP) is 0.791. The molecule has 0 aliphatic heterocycles. The van der Waals surface area contributed by atoms with Crippen molar-refractivity contribution < 1.29 is 10.3 Å². The number of aliphatic hydroxyl groups is 1. The highest BCUT2D eigenvalue weighted by Gasteiger charge is 2.06. The molecule has 0 aliphatic carbocycles. The summed E-state index contributed by atoms with van der Waals surface area (Å²) < 4.78 is 0. The molecule has 0 saturated carbocycles. The Kier molecular flexibility index (Phi) is 3.00. The van der Waals surface area contributed by atoms with Gasteiger partial charge in [0, 0.05) is 5.56 Å². The first kappa shape index (κ1) is 9.70. The molecule has 1 aromatic carbocycles. The van der Waals surface area contributed by atoms with Crippen molar-refractivity contribution in [2.75, 3.05) is 0 Å². The Morgan fingerprint density at radius 3 is 2.77 bits per heavy atom. The zero-order valence-corrected chi connectivity index (χ0v) is 7.33. The summed E-state index contributed by atoms with van der Waals surface area (Å²) in [7, 11) is 0. The smallest absolute Gasteiger partial charge is 0.149 e. The molecule has 4 N–H and O–H groups in total. The molecule has 0 radical (unpaired) electrons. The second kappa shape index (κ2) is 4.02. The van der Waals surface area contributed by atoms with Gasteiger partial charge in [-0.25, -0.2) is 0 Å². The van der Waals surface area contributed by atoms with Crippen LogP contribution in [0.15, 0.2) is 18.2 Å². The summed E-state index contributed by atoms with van der Waals surface area (Å²) in [5.74, 6) is -0.0622. The van der Waals surface area contributed by atoms with Gasteiger partial charge in [0.25, 0.3) is 0 Å². The molecule has 0 bridgehead atoms. The predicted molar refractivity (Wildman–Crippen MR) is 48.9 cm³/mol. The van der Waals surface area contributed by atoms with Crippen LogP contribution in [0.1, 0.15) is 16.7 Å². The first-order valence-corrected chi connectivity index (χ1v) is 3.89. The Morgan fingerprint density at radius 2 is 2.23 bits per heavy atom. The number of aliphatic hydroxyl groups excluding tert-OH is 1. The summed E-state index contributed by atoms with van der Waals surface area (Å²) in [6, 6.07) is 5.23. The number of hydroxylamine groups is 1. The maximum absolute atomic E-state index is 8.94. The van der Waals surface area contributed by atoms with Crippen molar-refractivity contribution in [1.82, 2.24) is 5.48 Å². The summed E-state index contributed by atoms with van der Waals surface area (Å²) >= 11 is 0. The minimum absolute atomic E-state index is 0.0572. The van der Waals surface area contributed by atoms with Gasteiger partial charge in [-0.1, -0.05) is 18.2 Å². The lowest BCUT2D eigenvalue weighted by molar-refractivity contribution is 0.234. The van der Waals surface area contributed by atoms with Crippen molar-refractivity contribution in [2.45, 2.75) is 13.5 Å². The quantitative estimate of drug-likeness (QED) is 0.309. The minimum Gasteiger partial charge on any atom is -0.392 e. The van der Waals surface area contributed by atoms with Gasteiger partial charge in [-0.05, 0) is 18.1 Å². The van der Waals surface area contributed by atoms with Crippen LogP contribution in [-0.2, 0) is 6.61 Å². The third-order valence-corrected chi connectivity index (χ3v) is 2.00. The zero-order valence-electron chi connectivity index (χ0n) is 7.33. The Balaban J connectivity index is 3.15. The molecule has 13 heavy (non-hydrogen) atoms. The third-order valence-electron chi connectivity index (χ3n) is 2.00. The van der Waals surface area contributed by atoms with Crippen LogP contribution in [0.2, 0.25) is 0 Å². The van der Waals surface area contributed by atoms with Crippen molar-refractivity contribution in [3.8, 4) is 0 Å². The van der Waals surface area contributed by atoms with Gasteiger partial charge in [-0.15, -0.1) is 0 Å². The summed E-state index contributed by atoms with van der Waals surface area (Å²) in [6.45, 7) is 1.74. The second-order valence-electron chi connectivity index (χ2n) is 2.73. The van der Waals surface area contributed by atoms with Crippen molar-refractivity contribution in [1.29, 1.82) is 5.41 Å². The van der Waals surface area contributed by atoms with Crippen LogP contribution < -0.4 is 5.48 Å². The molecule has 1 rings (SSSR count). The lowest BCUT2D eigenvalue weighted by Crippen LogP contribution is -2.20. The third kappa shape index (κ3) is 1.85. The van der Waals surface area contributed by atoms with Gasteiger partial charge < -0.3 is 5.11 Å². The van der Waals surface area contributed by atoms with Gasteiger partial charge in [0.05, 0.1) is 6.61 Å². The van der Waals surface area contributed by atoms with Crippen molar-refractivity contribution in [2.24, 2.45) is 0 Å². The normalized spacial score (nSPS) is 9.77. The Labute approximate surface area is 76.3 Å². The van der Waals surface area contributed by atoms with Crippen molar-refractivity contribution in [3.05, 3.63) is 34.9 Å². The molecule has 0 atom stereocenters. The molecule has 1 aromatic rings. The topological polar surface area (TPSA) is 76.3 Å². The van der Waals surface area contributed by atoms with E-state index in [1.807, 2.05) is 0 Å². The highest BCUT2D eigenvalue weighted by atomic mass is 16.5. The Bertz CT molecular complexity index is 323. The number of nitrogens with one attached hydrogen (secondary N) is 2. The number of hydrogen-bond acceptors (Lipinski definition) is 3. The molecule has 0 saturated heterocycles. The molecule has 0 spiro atoms. The molecule has 0 aromatic heterocycles. The van der Waals surface area contributed by atoms with E-state index in [1.54, 1.807) is 30.6 Å². The van der Waals surface area contributed by atoms with E-state index in [9.17, 15) is 0 Å². The standard InChI is InChI=1S/C9H12N2O2/c1-6-7(5-12)3-2-4-8(6)9(10)11-13/h2-4,12-13H,5H2,1H3,(H2,10,11). The van der Waals surface area contributed by atoms with Crippen LogP contribution in [0.4, 0.5) is 0 Å². The van der Waals surface area contributed by atoms with E-state index in [-0.39, 0.29) is 12.4 Å². The molecule has 0 fully saturated rings. The number of amidine groups is 1. The fraction of sp³-hybridized carbons (Fsp3) is 0.222. The van der Waals surface area contributed by atoms with E-state index < -0.39 is 0 Å². The highest BCUT2D eigenvalue weighted by Crippen LogP contribution is 2.13. The summed E-state index contributed by atoms with van der Waals surface area (Å²) in [5.41, 5.74) is 3.93. The molecule has 4 nitrogen and oxygen atoms in total. The van der Waals surface area contributed by atoms with Gasteiger partial charge in [0.2, 0.25) is 0 Å². The molecule has 0 aliphatic rings. The molecule has 4 heteroatoms. The SMILES string of the molecule is Cc1c(CO)cccc1C(=N)NO. The minimum atomic E-state index is -0.0622. The van der Waals surface area contributed by atoms with Gasteiger partial charge in [-0.3, -0.25) is 16.1 Å². The van der Waals surface area contributed by atoms with Crippen LogP contribution in [0.25, 0.3) is 0 Å². The summed E-state index contributed by atoms with van der Waals surface area (Å²) in [4.78, 5) is 0. The fourth-order valence-corrected chi connectivity index (χ4v) is 1.19. The largest absolute Gasteiger partial charge is 0.392 e. The first-order chi connectivity index (χ1) is 6.20. The van der Waals surface area contributed by atoms with Crippen LogP contribution >= 0.6 is 0 Å². The maximum atomic E-state index is 8.94. The number of rotatable bonds is 2. The highest BCUT2D eigenvalue weighted by molar-refractivity contribution is 5.97. The van der Waals surface area contributed by atoms with Gasteiger partial charge >= 0.3 is 0 Å². The van der Waals surface area contributed by atoms with Crippen molar-refractivity contribution in [3.63, 3.8) is 0 Å². The monoisotopic (exact) mass is 180 g/mol. The van der Waals surface area contributed by atoms with Gasteiger partial charge in [-0.2, -0.15) is 0 Å². The van der Waals surface area contributed by atoms with Crippen LogP contribution in [0, 0.1) is 12.3 Å². The molecule has 0 heterocycles. The van der Waals surface area contributed by atoms with Crippen LogP contribution in [0.3, 0.4) is 0 Å². The molecular weight excluding hydrogens is 168 g/mol. The average molecular weight is 180 g/mol. The average Bonchev–Trinajstić information content (AvgIpc) is 2.17. The van der Waals surface area contributed by atoms with E-state index in [4.69, 9.17) is 15.7 Å². The summed E-state index contributed by atoms with van der Waals surface area (Å²) in [6.07, 6.45) is 0. The van der Waals surface area contributed by atoms with E-state index >= 15 is 0 Å². The maximum Gasteiger partial charge on any atom is 0.149 e. The Hall–Kier alpha value is -1.39. The zero-order chi connectivity index (χ0) is 9.84. The van der Waals surface area contributed by atoms with Gasteiger partial charge in [0.1, 0.15) is 5.84 Å². The van der Waals surface area contributed by atoms with Crippen LogP contribution in [-0.4, -0.2) is 16.1 Å². The molecule has 0 amide bonds.